The van der Waals surface area contributed by atoms with Gasteiger partial charge in [-0.2, -0.15) is 0 Å². The van der Waals surface area contributed by atoms with Gasteiger partial charge >= 0.3 is 0 Å². The van der Waals surface area contributed by atoms with Crippen molar-refractivity contribution in [3.05, 3.63) is 44.2 Å². The maximum absolute atomic E-state index is 13.2. The minimum atomic E-state index is 0.155. The molecule has 1 aliphatic carbocycles. The van der Waals surface area contributed by atoms with Gasteiger partial charge in [-0.15, -0.1) is 0 Å². The lowest BCUT2D eigenvalue weighted by molar-refractivity contribution is 0.126. The zero-order chi connectivity index (χ0) is 18.9. The first kappa shape index (κ1) is 18.1. The number of pyridine rings is 1. The number of aromatic amines is 1. The second-order valence-electron chi connectivity index (χ2n) is 9.77. The summed E-state index contributed by atoms with van der Waals surface area (Å²) in [5.74, 6) is 0. The summed E-state index contributed by atoms with van der Waals surface area (Å²) in [7, 11) is 0. The van der Waals surface area contributed by atoms with Crippen LogP contribution in [0.15, 0.2) is 16.9 Å². The van der Waals surface area contributed by atoms with Crippen LogP contribution in [0, 0.1) is 24.7 Å². The first-order chi connectivity index (χ1) is 12.1. The van der Waals surface area contributed by atoms with Gasteiger partial charge in [0.05, 0.1) is 5.52 Å². The molecule has 0 spiro atoms. The number of rotatable bonds is 2. The Hall–Kier alpha value is -1.32. The Kier molecular flexibility index (Phi) is 4.06. The topological polar surface area (TPSA) is 36.1 Å². The van der Waals surface area contributed by atoms with Crippen LogP contribution in [0.3, 0.4) is 0 Å². The van der Waals surface area contributed by atoms with Crippen LogP contribution in [0.2, 0.25) is 5.02 Å². The fourth-order valence-electron chi connectivity index (χ4n) is 5.79. The Labute approximate surface area is 160 Å². The van der Waals surface area contributed by atoms with Crippen LogP contribution in [-0.4, -0.2) is 22.5 Å². The molecule has 4 rings (SSSR count). The SMILES string of the molecule is Cc1[nH]c2c(C)c(Cl)ccc2c(=O)c1CN1C[C@]2(C)C[C@@H]1CC(C)(C)C2. The molecule has 2 heterocycles. The van der Waals surface area contributed by atoms with E-state index in [0.29, 0.717) is 21.9 Å². The van der Waals surface area contributed by atoms with Crippen molar-refractivity contribution >= 4 is 22.5 Å². The van der Waals surface area contributed by atoms with E-state index < -0.39 is 0 Å². The van der Waals surface area contributed by atoms with E-state index in [1.165, 1.54) is 19.3 Å². The van der Waals surface area contributed by atoms with Crippen LogP contribution in [0.1, 0.15) is 56.9 Å². The molecule has 1 N–H and O–H groups in total. The van der Waals surface area contributed by atoms with Gasteiger partial charge < -0.3 is 4.98 Å². The monoisotopic (exact) mass is 372 g/mol. The van der Waals surface area contributed by atoms with Gasteiger partial charge in [-0.1, -0.05) is 32.4 Å². The molecule has 0 radical (unpaired) electrons. The van der Waals surface area contributed by atoms with E-state index in [0.717, 1.165) is 40.8 Å². The number of fused-ring (bicyclic) bond motifs is 3. The Morgan fingerprint density at radius 1 is 1.23 bits per heavy atom. The molecule has 1 saturated carbocycles. The van der Waals surface area contributed by atoms with Crippen LogP contribution >= 0.6 is 11.6 Å². The van der Waals surface area contributed by atoms with E-state index >= 15 is 0 Å². The number of H-pyrrole nitrogens is 1. The average Bonchev–Trinajstić information content (AvgIpc) is 2.76. The number of nitrogens with one attached hydrogen (secondary N) is 1. The van der Waals surface area contributed by atoms with E-state index in [1.807, 2.05) is 26.0 Å². The van der Waals surface area contributed by atoms with E-state index in [-0.39, 0.29) is 5.43 Å². The van der Waals surface area contributed by atoms with Crippen LogP contribution in [0.25, 0.3) is 10.9 Å². The third-order valence-electron chi connectivity index (χ3n) is 6.57. The summed E-state index contributed by atoms with van der Waals surface area (Å²) in [6, 6.07) is 4.28. The molecule has 2 fully saturated rings. The average molecular weight is 373 g/mol. The number of aryl methyl sites for hydroxylation is 2. The van der Waals surface area contributed by atoms with Crippen molar-refractivity contribution < 1.29 is 0 Å². The van der Waals surface area contributed by atoms with E-state index in [1.54, 1.807) is 0 Å². The highest BCUT2D eigenvalue weighted by atomic mass is 35.5. The van der Waals surface area contributed by atoms with Crippen molar-refractivity contribution in [2.75, 3.05) is 6.54 Å². The number of halogens is 1. The maximum Gasteiger partial charge on any atom is 0.194 e. The van der Waals surface area contributed by atoms with Crippen LogP contribution < -0.4 is 5.43 Å². The van der Waals surface area contributed by atoms with Crippen LogP contribution in [0.4, 0.5) is 0 Å². The van der Waals surface area contributed by atoms with Crippen molar-refractivity contribution in [3.8, 4) is 0 Å². The van der Waals surface area contributed by atoms with Gasteiger partial charge in [0.15, 0.2) is 5.43 Å². The minimum Gasteiger partial charge on any atom is -0.358 e. The van der Waals surface area contributed by atoms with Crippen LogP contribution in [-0.2, 0) is 6.54 Å². The number of hydrogen-bond acceptors (Lipinski definition) is 2. The lowest BCUT2D eigenvalue weighted by Gasteiger charge is -2.40. The Balaban J connectivity index is 1.73. The molecule has 2 aliphatic rings. The second kappa shape index (κ2) is 5.84. The summed E-state index contributed by atoms with van der Waals surface area (Å²) in [5, 5.41) is 1.45. The molecule has 2 aromatic rings. The Morgan fingerprint density at radius 3 is 2.69 bits per heavy atom. The molecule has 26 heavy (non-hydrogen) atoms. The predicted molar refractivity (Wildman–Crippen MR) is 109 cm³/mol. The third kappa shape index (κ3) is 2.90. The fourth-order valence-corrected chi connectivity index (χ4v) is 5.94. The molecule has 0 amide bonds. The van der Waals surface area contributed by atoms with Gasteiger partial charge in [0.2, 0.25) is 0 Å². The molecule has 2 atom stereocenters. The van der Waals surface area contributed by atoms with Gasteiger partial charge in [0.1, 0.15) is 0 Å². The number of nitrogens with zero attached hydrogens (tertiary/aromatic N) is 1. The smallest absolute Gasteiger partial charge is 0.194 e. The molecule has 1 saturated heterocycles. The molecule has 0 unspecified atom stereocenters. The predicted octanol–water partition coefficient (Wildman–Crippen LogP) is 5.20. The van der Waals surface area contributed by atoms with Crippen LogP contribution in [0.5, 0.6) is 0 Å². The second-order valence-corrected chi connectivity index (χ2v) is 10.2. The first-order valence-corrected chi connectivity index (χ1v) is 10.0. The summed E-state index contributed by atoms with van der Waals surface area (Å²) in [5.41, 5.74) is 4.63. The molecule has 3 nitrogen and oxygen atoms in total. The summed E-state index contributed by atoms with van der Waals surface area (Å²) < 4.78 is 0. The van der Waals surface area contributed by atoms with E-state index in [9.17, 15) is 4.79 Å². The van der Waals surface area contributed by atoms with Crippen molar-refractivity contribution in [2.45, 2.75) is 66.5 Å². The Bertz CT molecular complexity index is 945. The lowest BCUT2D eigenvalue weighted by Crippen LogP contribution is -2.35. The maximum atomic E-state index is 13.2. The third-order valence-corrected chi connectivity index (χ3v) is 6.98. The standard InChI is InChI=1S/C22H29ClN2O/c1-13-18(23)7-6-16-19(13)24-14(2)17(20(16)26)10-25-12-22(5)9-15(25)8-21(3,4)11-22/h6-7,15H,8-12H2,1-5H3,(H,24,26)/t15-,22+/m0/s1. The lowest BCUT2D eigenvalue weighted by atomic mass is 9.65. The zero-order valence-corrected chi connectivity index (χ0v) is 17.3. The van der Waals surface area contributed by atoms with Crippen molar-refractivity contribution in [1.29, 1.82) is 0 Å². The molecular weight excluding hydrogens is 344 g/mol. The molecule has 4 heteroatoms. The van der Waals surface area contributed by atoms with Crippen molar-refractivity contribution in [2.24, 2.45) is 10.8 Å². The highest BCUT2D eigenvalue weighted by Gasteiger charge is 2.49. The highest BCUT2D eigenvalue weighted by Crippen LogP contribution is 2.52. The van der Waals surface area contributed by atoms with E-state index in [2.05, 4.69) is 30.7 Å². The van der Waals surface area contributed by atoms with Gasteiger partial charge in [-0.25, -0.2) is 0 Å². The molecule has 140 valence electrons. The molecule has 1 aromatic heterocycles. The summed E-state index contributed by atoms with van der Waals surface area (Å²) in [6.45, 7) is 13.0. The van der Waals surface area contributed by atoms with Gasteiger partial charge in [0, 0.05) is 40.8 Å². The normalized spacial score (nSPS) is 28.0. The van der Waals surface area contributed by atoms with Crippen molar-refractivity contribution in [3.63, 3.8) is 0 Å². The fraction of sp³-hybridized carbons (Fsp3) is 0.591. The van der Waals surface area contributed by atoms with Gasteiger partial charge in [0.25, 0.3) is 0 Å². The number of aromatic nitrogens is 1. The summed E-state index contributed by atoms with van der Waals surface area (Å²) in [6.07, 6.45) is 3.76. The molecule has 1 aromatic carbocycles. The number of hydrogen-bond donors (Lipinski definition) is 1. The summed E-state index contributed by atoms with van der Waals surface area (Å²) >= 11 is 6.24. The number of benzene rings is 1. The molecule has 2 bridgehead atoms. The first-order valence-electron chi connectivity index (χ1n) is 9.63. The number of likely N-dealkylation sites (tertiary alicyclic amines) is 1. The van der Waals surface area contributed by atoms with Gasteiger partial charge in [-0.05, 0) is 61.6 Å². The van der Waals surface area contributed by atoms with Crippen molar-refractivity contribution in [1.82, 2.24) is 9.88 Å². The quantitative estimate of drug-likeness (QED) is 0.786. The van der Waals surface area contributed by atoms with Gasteiger partial charge in [-0.3, -0.25) is 9.69 Å². The largest absolute Gasteiger partial charge is 0.358 e. The molecular formula is C22H29ClN2O. The van der Waals surface area contributed by atoms with E-state index in [4.69, 9.17) is 11.6 Å². The summed E-state index contributed by atoms with van der Waals surface area (Å²) in [4.78, 5) is 19.2. The molecule has 1 aliphatic heterocycles. The highest BCUT2D eigenvalue weighted by molar-refractivity contribution is 6.32. The minimum absolute atomic E-state index is 0.155. The zero-order valence-electron chi connectivity index (χ0n) is 16.5. The Morgan fingerprint density at radius 2 is 1.96 bits per heavy atom.